The first kappa shape index (κ1) is 15.4. The van der Waals surface area contributed by atoms with E-state index in [0.29, 0.717) is 10.6 Å². The van der Waals surface area contributed by atoms with Gasteiger partial charge in [-0.1, -0.05) is 0 Å². The van der Waals surface area contributed by atoms with Gasteiger partial charge in [-0.2, -0.15) is 0 Å². The maximum Gasteiger partial charge on any atom is 0.310 e. The van der Waals surface area contributed by atoms with Crippen molar-refractivity contribution >= 4 is 35.4 Å². The molecular formula is C15H18N2O3S. The van der Waals surface area contributed by atoms with Gasteiger partial charge in [0.1, 0.15) is 0 Å². The highest BCUT2D eigenvalue weighted by molar-refractivity contribution is 7.80. The molecule has 0 unspecified atom stereocenters. The van der Waals surface area contributed by atoms with E-state index in [2.05, 4.69) is 12.6 Å². The first-order valence-corrected chi connectivity index (χ1v) is 6.91. The Bertz CT molecular complexity index is 762. The number of nitrogens with zero attached hydrogens (tertiary/aromatic N) is 1. The summed E-state index contributed by atoms with van der Waals surface area (Å²) in [6, 6.07) is 1.75. The predicted molar refractivity (Wildman–Crippen MR) is 83.9 cm³/mol. The maximum absolute atomic E-state index is 11.6. The SMILES string of the molecule is COC(=O)Cc1c(S)n(C)c2cc(C(N)=O)c(C)c(C)c12. The number of thiol groups is 1. The number of amides is 1. The van der Waals surface area contributed by atoms with Crippen LogP contribution in [0.15, 0.2) is 11.1 Å². The molecule has 112 valence electrons. The molecule has 0 atom stereocenters. The molecule has 2 N–H and O–H groups in total. The Morgan fingerprint density at radius 1 is 1.33 bits per heavy atom. The molecule has 0 radical (unpaired) electrons. The molecule has 1 heterocycles. The molecular weight excluding hydrogens is 288 g/mol. The van der Waals surface area contributed by atoms with E-state index in [1.165, 1.54) is 7.11 Å². The molecule has 0 aliphatic carbocycles. The first-order chi connectivity index (χ1) is 9.79. The van der Waals surface area contributed by atoms with Crippen LogP contribution < -0.4 is 5.73 Å². The van der Waals surface area contributed by atoms with Gasteiger partial charge in [0.05, 0.1) is 18.6 Å². The lowest BCUT2D eigenvalue weighted by Gasteiger charge is -2.09. The Hall–Kier alpha value is -1.95. The molecule has 0 fully saturated rings. The van der Waals surface area contributed by atoms with Gasteiger partial charge in [0.25, 0.3) is 0 Å². The standard InChI is InChI=1S/C15H18N2O3S/c1-7-8(2)13-10(6-12(18)20-4)15(21)17(3)11(13)5-9(7)14(16)19/h5,21H,6H2,1-4H3,(H2,16,19). The smallest absolute Gasteiger partial charge is 0.310 e. The number of aromatic nitrogens is 1. The second-order valence-corrected chi connectivity index (χ2v) is 5.47. The lowest BCUT2D eigenvalue weighted by atomic mass is 9.96. The Balaban J connectivity index is 2.84. The van der Waals surface area contributed by atoms with E-state index in [-0.39, 0.29) is 12.4 Å². The highest BCUT2D eigenvalue weighted by atomic mass is 32.1. The predicted octanol–water partition coefficient (Wildman–Crippen LogP) is 1.90. The number of carbonyl (C=O) groups is 2. The van der Waals surface area contributed by atoms with Crippen molar-refractivity contribution in [3.63, 3.8) is 0 Å². The van der Waals surface area contributed by atoms with Crippen molar-refractivity contribution in [1.29, 1.82) is 0 Å². The average Bonchev–Trinajstić information content (AvgIpc) is 2.67. The number of primary amides is 1. The second-order valence-electron chi connectivity index (χ2n) is 5.05. The maximum atomic E-state index is 11.6. The Morgan fingerprint density at radius 2 is 1.95 bits per heavy atom. The fraction of sp³-hybridized carbons (Fsp3) is 0.333. The van der Waals surface area contributed by atoms with Crippen LogP contribution in [0.2, 0.25) is 0 Å². The number of carbonyl (C=O) groups excluding carboxylic acids is 2. The van der Waals surface area contributed by atoms with Crippen molar-refractivity contribution in [2.45, 2.75) is 25.3 Å². The zero-order valence-corrected chi connectivity index (χ0v) is 13.4. The first-order valence-electron chi connectivity index (χ1n) is 6.46. The molecule has 6 heteroatoms. The minimum absolute atomic E-state index is 0.142. The summed E-state index contributed by atoms with van der Waals surface area (Å²) in [4.78, 5) is 23.2. The lowest BCUT2D eigenvalue weighted by molar-refractivity contribution is -0.139. The van der Waals surface area contributed by atoms with E-state index in [1.54, 1.807) is 6.07 Å². The van der Waals surface area contributed by atoms with Crippen molar-refractivity contribution < 1.29 is 14.3 Å². The van der Waals surface area contributed by atoms with Crippen molar-refractivity contribution in [2.75, 3.05) is 7.11 Å². The van der Waals surface area contributed by atoms with Crippen LogP contribution in [0.25, 0.3) is 10.9 Å². The monoisotopic (exact) mass is 306 g/mol. The molecule has 1 aromatic heterocycles. The summed E-state index contributed by atoms with van der Waals surface area (Å²) >= 11 is 4.49. The molecule has 0 saturated heterocycles. The lowest BCUT2D eigenvalue weighted by Crippen LogP contribution is -2.13. The van der Waals surface area contributed by atoms with Crippen molar-refractivity contribution in [3.8, 4) is 0 Å². The van der Waals surface area contributed by atoms with Gasteiger partial charge >= 0.3 is 5.97 Å². The summed E-state index contributed by atoms with van der Waals surface area (Å²) in [5, 5.41) is 1.61. The number of fused-ring (bicyclic) bond motifs is 1. The zero-order valence-electron chi connectivity index (χ0n) is 12.5. The normalized spacial score (nSPS) is 10.9. The number of hydrogen-bond donors (Lipinski definition) is 2. The number of hydrogen-bond acceptors (Lipinski definition) is 4. The third kappa shape index (κ3) is 2.40. The number of nitrogens with two attached hydrogens (primary N) is 1. The van der Waals surface area contributed by atoms with Crippen molar-refractivity contribution in [2.24, 2.45) is 12.8 Å². The fourth-order valence-corrected chi connectivity index (χ4v) is 2.91. The van der Waals surface area contributed by atoms with Gasteiger partial charge in [0.2, 0.25) is 5.91 Å². The van der Waals surface area contributed by atoms with E-state index >= 15 is 0 Å². The van der Waals surface area contributed by atoms with Crippen LogP contribution >= 0.6 is 12.6 Å². The van der Waals surface area contributed by atoms with Crippen molar-refractivity contribution in [3.05, 3.63) is 28.3 Å². The largest absolute Gasteiger partial charge is 0.469 e. The van der Waals surface area contributed by atoms with E-state index in [4.69, 9.17) is 10.5 Å². The number of aryl methyl sites for hydroxylation is 2. The van der Waals surface area contributed by atoms with Gasteiger partial charge in [-0.15, -0.1) is 12.6 Å². The Labute approximate surface area is 128 Å². The van der Waals surface area contributed by atoms with Gasteiger partial charge in [0, 0.05) is 29.1 Å². The summed E-state index contributed by atoms with van der Waals surface area (Å²) in [6.07, 6.45) is 0.142. The fourth-order valence-electron chi connectivity index (χ4n) is 2.61. The van der Waals surface area contributed by atoms with Gasteiger partial charge in [-0.3, -0.25) is 9.59 Å². The molecule has 1 amide bonds. The quantitative estimate of drug-likeness (QED) is 0.672. The molecule has 2 rings (SSSR count). The van der Waals surface area contributed by atoms with Gasteiger partial charge < -0.3 is 15.0 Å². The summed E-state index contributed by atoms with van der Waals surface area (Å²) in [5.74, 6) is -0.789. The zero-order chi connectivity index (χ0) is 15.9. The summed E-state index contributed by atoms with van der Waals surface area (Å²) < 4.78 is 6.59. The van der Waals surface area contributed by atoms with Gasteiger partial charge in [0.15, 0.2) is 0 Å². The van der Waals surface area contributed by atoms with E-state index in [9.17, 15) is 9.59 Å². The molecule has 2 aromatic rings. The molecule has 1 aromatic carbocycles. The topological polar surface area (TPSA) is 74.3 Å². The number of benzene rings is 1. The van der Waals surface area contributed by atoms with Crippen molar-refractivity contribution in [1.82, 2.24) is 4.57 Å². The third-order valence-corrected chi connectivity index (χ3v) is 4.51. The number of ether oxygens (including phenoxy) is 1. The minimum Gasteiger partial charge on any atom is -0.469 e. The average molecular weight is 306 g/mol. The van der Waals surface area contributed by atoms with Gasteiger partial charge in [-0.25, -0.2) is 0 Å². The Morgan fingerprint density at radius 3 is 2.48 bits per heavy atom. The number of esters is 1. The van der Waals surface area contributed by atoms with Crippen LogP contribution in [0.3, 0.4) is 0 Å². The van der Waals surface area contributed by atoms with Crippen LogP contribution in [0, 0.1) is 13.8 Å². The summed E-state index contributed by atoms with van der Waals surface area (Å²) in [6.45, 7) is 3.76. The molecule has 0 spiro atoms. The Kier molecular flexibility index (Phi) is 4.00. The van der Waals surface area contributed by atoms with E-state index < -0.39 is 5.91 Å². The van der Waals surface area contributed by atoms with Crippen LogP contribution in [0.4, 0.5) is 0 Å². The van der Waals surface area contributed by atoms with Crippen LogP contribution in [-0.4, -0.2) is 23.6 Å². The van der Waals surface area contributed by atoms with Crippen LogP contribution in [-0.2, 0) is 23.0 Å². The van der Waals surface area contributed by atoms with Crippen LogP contribution in [0.1, 0.15) is 27.0 Å². The van der Waals surface area contributed by atoms with Gasteiger partial charge in [-0.05, 0) is 31.0 Å². The third-order valence-electron chi connectivity index (χ3n) is 3.94. The molecule has 0 bridgehead atoms. The second kappa shape index (κ2) is 5.44. The highest BCUT2D eigenvalue weighted by Crippen LogP contribution is 2.34. The number of methoxy groups -OCH3 is 1. The molecule has 0 aliphatic heterocycles. The highest BCUT2D eigenvalue weighted by Gasteiger charge is 2.21. The minimum atomic E-state index is -0.464. The number of rotatable bonds is 3. The van der Waals surface area contributed by atoms with E-state index in [1.807, 2.05) is 25.5 Å². The molecule has 0 saturated carbocycles. The summed E-state index contributed by atoms with van der Waals surface area (Å²) in [5.41, 5.74) is 9.30. The molecule has 0 aliphatic rings. The molecule has 5 nitrogen and oxygen atoms in total. The van der Waals surface area contributed by atoms with E-state index in [0.717, 1.165) is 27.6 Å². The summed E-state index contributed by atoms with van der Waals surface area (Å²) in [7, 11) is 3.19. The molecule has 21 heavy (non-hydrogen) atoms. The van der Waals surface area contributed by atoms with Crippen LogP contribution in [0.5, 0.6) is 0 Å².